The van der Waals surface area contributed by atoms with E-state index in [1.807, 2.05) is 32.0 Å². The van der Waals surface area contributed by atoms with Crippen molar-refractivity contribution in [2.24, 2.45) is 5.73 Å². The maximum Gasteiger partial charge on any atom is 0.227 e. The van der Waals surface area contributed by atoms with Crippen molar-refractivity contribution in [1.29, 1.82) is 0 Å². The molecule has 1 aromatic heterocycles. The second kappa shape index (κ2) is 8.42. The number of amides is 1. The zero-order chi connectivity index (χ0) is 17.5. The van der Waals surface area contributed by atoms with Gasteiger partial charge in [0.05, 0.1) is 24.4 Å². The SMILES string of the molecule is COC(CN)CC(=O)Nc1ccc(Oc2ccc(C)c(C)c2)nc1. The number of nitrogens with one attached hydrogen (secondary N) is 1. The van der Waals surface area contributed by atoms with Crippen molar-refractivity contribution in [3.05, 3.63) is 47.7 Å². The second-order valence-electron chi connectivity index (χ2n) is 5.58. The first kappa shape index (κ1) is 17.9. The summed E-state index contributed by atoms with van der Waals surface area (Å²) in [5, 5.41) is 2.76. The van der Waals surface area contributed by atoms with Crippen molar-refractivity contribution < 1.29 is 14.3 Å². The summed E-state index contributed by atoms with van der Waals surface area (Å²) in [6.07, 6.45) is 1.47. The molecule has 0 spiro atoms. The van der Waals surface area contributed by atoms with E-state index in [9.17, 15) is 4.79 Å². The van der Waals surface area contributed by atoms with Crippen molar-refractivity contribution in [3.63, 3.8) is 0 Å². The lowest BCUT2D eigenvalue weighted by Gasteiger charge is -2.12. The predicted molar refractivity (Wildman–Crippen MR) is 93.3 cm³/mol. The van der Waals surface area contributed by atoms with Crippen molar-refractivity contribution in [3.8, 4) is 11.6 Å². The monoisotopic (exact) mass is 329 g/mol. The fraction of sp³-hybridized carbons (Fsp3) is 0.333. The van der Waals surface area contributed by atoms with Gasteiger partial charge in [-0.15, -0.1) is 0 Å². The molecular weight excluding hydrogens is 306 g/mol. The topological polar surface area (TPSA) is 86.5 Å². The van der Waals surface area contributed by atoms with Gasteiger partial charge in [0.1, 0.15) is 5.75 Å². The summed E-state index contributed by atoms with van der Waals surface area (Å²) in [4.78, 5) is 16.1. The van der Waals surface area contributed by atoms with Gasteiger partial charge >= 0.3 is 0 Å². The van der Waals surface area contributed by atoms with E-state index >= 15 is 0 Å². The summed E-state index contributed by atoms with van der Waals surface area (Å²) >= 11 is 0. The molecule has 0 radical (unpaired) electrons. The van der Waals surface area contributed by atoms with Gasteiger partial charge in [-0.2, -0.15) is 0 Å². The highest BCUT2D eigenvalue weighted by molar-refractivity contribution is 5.90. The number of nitrogens with zero attached hydrogens (tertiary/aromatic N) is 1. The quantitative estimate of drug-likeness (QED) is 0.816. The summed E-state index contributed by atoms with van der Waals surface area (Å²) in [5.41, 5.74) is 8.47. The number of rotatable bonds is 7. The minimum Gasteiger partial charge on any atom is -0.439 e. The molecule has 24 heavy (non-hydrogen) atoms. The molecule has 0 fully saturated rings. The Labute approximate surface area is 142 Å². The standard InChI is InChI=1S/C18H23N3O3/c1-12-4-6-15(8-13(12)2)24-18-7-5-14(11-20-18)21-17(22)9-16(10-19)23-3/h4-8,11,16H,9-10,19H2,1-3H3,(H,21,22). The smallest absolute Gasteiger partial charge is 0.227 e. The Morgan fingerprint density at radius 3 is 2.62 bits per heavy atom. The molecule has 6 nitrogen and oxygen atoms in total. The van der Waals surface area contributed by atoms with E-state index in [0.717, 1.165) is 11.3 Å². The highest BCUT2D eigenvalue weighted by atomic mass is 16.5. The molecule has 1 unspecified atom stereocenters. The number of hydrogen-bond donors (Lipinski definition) is 2. The first-order chi connectivity index (χ1) is 11.5. The molecule has 1 heterocycles. The highest BCUT2D eigenvalue weighted by Crippen LogP contribution is 2.23. The van der Waals surface area contributed by atoms with Crippen molar-refractivity contribution in [1.82, 2.24) is 4.98 Å². The Bertz CT molecular complexity index is 682. The normalized spacial score (nSPS) is 11.8. The van der Waals surface area contributed by atoms with E-state index in [1.54, 1.807) is 18.3 Å². The zero-order valence-corrected chi connectivity index (χ0v) is 14.2. The van der Waals surface area contributed by atoms with Gasteiger partial charge in [0.25, 0.3) is 0 Å². The number of benzene rings is 1. The molecule has 0 aliphatic heterocycles. The number of carbonyl (C=O) groups excluding carboxylic acids is 1. The summed E-state index contributed by atoms with van der Waals surface area (Å²) in [7, 11) is 1.53. The van der Waals surface area contributed by atoms with E-state index in [-0.39, 0.29) is 18.4 Å². The largest absolute Gasteiger partial charge is 0.439 e. The van der Waals surface area contributed by atoms with Gasteiger partial charge in [-0.25, -0.2) is 4.98 Å². The van der Waals surface area contributed by atoms with Crippen LogP contribution in [0.15, 0.2) is 36.5 Å². The predicted octanol–water partition coefficient (Wildman–Crippen LogP) is 2.79. The van der Waals surface area contributed by atoms with Gasteiger partial charge in [0.2, 0.25) is 11.8 Å². The fourth-order valence-corrected chi connectivity index (χ4v) is 2.09. The first-order valence-corrected chi connectivity index (χ1v) is 7.75. The van der Waals surface area contributed by atoms with Crippen LogP contribution in [0.4, 0.5) is 5.69 Å². The molecule has 2 aromatic rings. The van der Waals surface area contributed by atoms with E-state index in [2.05, 4.69) is 10.3 Å². The molecule has 0 bridgehead atoms. The van der Waals surface area contributed by atoms with Crippen LogP contribution in [0.1, 0.15) is 17.5 Å². The minimum atomic E-state index is -0.287. The molecule has 6 heteroatoms. The first-order valence-electron chi connectivity index (χ1n) is 7.75. The number of anilines is 1. The molecule has 128 valence electrons. The maximum absolute atomic E-state index is 11.9. The number of aromatic nitrogens is 1. The molecule has 1 atom stereocenters. The Hall–Kier alpha value is -2.44. The van der Waals surface area contributed by atoms with Crippen LogP contribution in [-0.2, 0) is 9.53 Å². The zero-order valence-electron chi connectivity index (χ0n) is 14.2. The van der Waals surface area contributed by atoms with Crippen LogP contribution in [0.25, 0.3) is 0 Å². The summed E-state index contributed by atoms with van der Waals surface area (Å²) in [6, 6.07) is 9.32. The number of carbonyl (C=O) groups is 1. The van der Waals surface area contributed by atoms with E-state index < -0.39 is 0 Å². The van der Waals surface area contributed by atoms with E-state index in [0.29, 0.717) is 18.1 Å². The maximum atomic E-state index is 11.9. The second-order valence-corrected chi connectivity index (χ2v) is 5.58. The van der Waals surface area contributed by atoms with Gasteiger partial charge in [-0.1, -0.05) is 6.07 Å². The molecule has 1 aromatic carbocycles. The van der Waals surface area contributed by atoms with Crippen LogP contribution in [-0.4, -0.2) is 30.6 Å². The Balaban J connectivity index is 1.95. The Morgan fingerprint density at radius 1 is 1.25 bits per heavy atom. The van der Waals surface area contributed by atoms with Crippen molar-refractivity contribution in [2.45, 2.75) is 26.4 Å². The molecule has 2 rings (SSSR count). The minimum absolute atomic E-state index is 0.170. The van der Waals surface area contributed by atoms with Gasteiger partial charge < -0.3 is 20.5 Å². The van der Waals surface area contributed by atoms with Crippen molar-refractivity contribution in [2.75, 3.05) is 19.0 Å². The average Bonchev–Trinajstić information content (AvgIpc) is 2.58. The van der Waals surface area contributed by atoms with Crippen LogP contribution < -0.4 is 15.8 Å². The third-order valence-corrected chi connectivity index (χ3v) is 3.73. The number of ether oxygens (including phenoxy) is 2. The Kier molecular flexibility index (Phi) is 6.28. The molecule has 0 saturated heterocycles. The number of hydrogen-bond acceptors (Lipinski definition) is 5. The van der Waals surface area contributed by atoms with E-state index in [4.69, 9.17) is 15.2 Å². The molecule has 1 amide bonds. The number of nitrogens with two attached hydrogens (primary N) is 1. The summed E-state index contributed by atoms with van der Waals surface area (Å²) < 4.78 is 10.8. The third kappa shape index (κ3) is 5.04. The summed E-state index contributed by atoms with van der Waals surface area (Å²) in [5.74, 6) is 1.03. The van der Waals surface area contributed by atoms with Crippen LogP contribution in [0.3, 0.4) is 0 Å². The van der Waals surface area contributed by atoms with Gasteiger partial charge in [0, 0.05) is 19.7 Å². The third-order valence-electron chi connectivity index (χ3n) is 3.73. The summed E-state index contributed by atoms with van der Waals surface area (Å²) in [6.45, 7) is 4.38. The number of methoxy groups -OCH3 is 1. The molecule has 0 aliphatic carbocycles. The molecule has 0 saturated carbocycles. The van der Waals surface area contributed by atoms with Crippen molar-refractivity contribution >= 4 is 11.6 Å². The molecular formula is C18H23N3O3. The number of aryl methyl sites for hydroxylation is 2. The number of pyridine rings is 1. The van der Waals surface area contributed by atoms with Crippen LogP contribution in [0.2, 0.25) is 0 Å². The average molecular weight is 329 g/mol. The molecule has 3 N–H and O–H groups in total. The van der Waals surface area contributed by atoms with Crippen LogP contribution in [0, 0.1) is 13.8 Å². The van der Waals surface area contributed by atoms with Crippen LogP contribution >= 0.6 is 0 Å². The highest BCUT2D eigenvalue weighted by Gasteiger charge is 2.11. The lowest BCUT2D eigenvalue weighted by molar-refractivity contribution is -0.118. The van der Waals surface area contributed by atoms with Gasteiger partial charge in [0.15, 0.2) is 0 Å². The fourth-order valence-electron chi connectivity index (χ4n) is 2.09. The van der Waals surface area contributed by atoms with E-state index in [1.165, 1.54) is 12.7 Å². The Morgan fingerprint density at radius 2 is 2.04 bits per heavy atom. The molecule has 0 aliphatic rings. The lowest BCUT2D eigenvalue weighted by Crippen LogP contribution is -2.28. The van der Waals surface area contributed by atoms with Gasteiger partial charge in [-0.05, 0) is 43.2 Å². The van der Waals surface area contributed by atoms with Gasteiger partial charge in [-0.3, -0.25) is 4.79 Å². The van der Waals surface area contributed by atoms with Crippen LogP contribution in [0.5, 0.6) is 11.6 Å². The lowest BCUT2D eigenvalue weighted by atomic mass is 10.1.